The Morgan fingerprint density at radius 2 is 1.95 bits per heavy atom. The van der Waals surface area contributed by atoms with Gasteiger partial charge in [0.25, 0.3) is 0 Å². The van der Waals surface area contributed by atoms with Gasteiger partial charge in [0.1, 0.15) is 0 Å². The number of carbonyl (C=O) groups is 1. The third-order valence-corrected chi connectivity index (χ3v) is 3.79. The lowest BCUT2D eigenvalue weighted by atomic mass is 10.1. The molecule has 21 heavy (non-hydrogen) atoms. The largest absolute Gasteiger partial charge is 0.398 e. The zero-order chi connectivity index (χ0) is 16.0. The van der Waals surface area contributed by atoms with Gasteiger partial charge in [-0.05, 0) is 72.2 Å². The molecule has 0 aliphatic heterocycles. The first kappa shape index (κ1) is 17.5. The van der Waals surface area contributed by atoms with Crippen molar-refractivity contribution in [3.8, 4) is 0 Å². The molecule has 118 valence electrons. The molecule has 5 heteroatoms. The smallest absolute Gasteiger partial charge is 0.241 e. The zero-order valence-corrected chi connectivity index (χ0v) is 13.8. The third-order valence-electron chi connectivity index (χ3n) is 3.79. The molecule has 1 rings (SSSR count). The highest BCUT2D eigenvalue weighted by Gasteiger charge is 2.18. The number of benzene rings is 1. The minimum Gasteiger partial charge on any atom is -0.398 e. The second kappa shape index (κ2) is 8.00. The van der Waals surface area contributed by atoms with Crippen LogP contribution in [-0.2, 0) is 4.79 Å². The number of nitrogens with two attached hydrogens (primary N) is 1. The Balaban J connectivity index is 2.56. The molecular formula is C16H28N4O. The van der Waals surface area contributed by atoms with Crippen molar-refractivity contribution in [1.29, 1.82) is 0 Å². The molecule has 1 amide bonds. The summed E-state index contributed by atoms with van der Waals surface area (Å²) < 4.78 is 0. The molecule has 0 fully saturated rings. The van der Waals surface area contributed by atoms with Crippen LogP contribution in [0.25, 0.3) is 0 Å². The van der Waals surface area contributed by atoms with Gasteiger partial charge in [-0.1, -0.05) is 6.07 Å². The van der Waals surface area contributed by atoms with Crippen molar-refractivity contribution < 1.29 is 4.79 Å². The van der Waals surface area contributed by atoms with E-state index in [4.69, 9.17) is 5.73 Å². The maximum absolute atomic E-state index is 12.3. The molecular weight excluding hydrogens is 264 g/mol. The fourth-order valence-electron chi connectivity index (χ4n) is 2.06. The third kappa shape index (κ3) is 5.36. The summed E-state index contributed by atoms with van der Waals surface area (Å²) in [4.78, 5) is 16.5. The highest BCUT2D eigenvalue weighted by molar-refractivity contribution is 5.95. The Kier molecular flexibility index (Phi) is 6.65. The number of hydrogen-bond donors (Lipinski definition) is 2. The molecule has 1 unspecified atom stereocenters. The number of rotatable bonds is 7. The molecule has 0 radical (unpaired) electrons. The second-order valence-electron chi connectivity index (χ2n) is 5.82. The van der Waals surface area contributed by atoms with Crippen molar-refractivity contribution in [1.82, 2.24) is 9.80 Å². The van der Waals surface area contributed by atoms with Crippen LogP contribution >= 0.6 is 0 Å². The quantitative estimate of drug-likeness (QED) is 0.752. The van der Waals surface area contributed by atoms with Crippen LogP contribution in [-0.4, -0.2) is 56.0 Å². The van der Waals surface area contributed by atoms with Gasteiger partial charge in [0, 0.05) is 11.4 Å². The number of anilines is 2. The summed E-state index contributed by atoms with van der Waals surface area (Å²) in [7, 11) is 6.09. The van der Waals surface area contributed by atoms with Crippen LogP contribution < -0.4 is 11.1 Å². The Morgan fingerprint density at radius 1 is 1.29 bits per heavy atom. The zero-order valence-electron chi connectivity index (χ0n) is 13.8. The van der Waals surface area contributed by atoms with E-state index in [0.29, 0.717) is 5.69 Å². The number of nitrogens with one attached hydrogen (secondary N) is 1. The van der Waals surface area contributed by atoms with Crippen LogP contribution in [0.15, 0.2) is 18.2 Å². The van der Waals surface area contributed by atoms with Gasteiger partial charge >= 0.3 is 0 Å². The van der Waals surface area contributed by atoms with Crippen molar-refractivity contribution in [2.45, 2.75) is 26.3 Å². The molecule has 1 aromatic carbocycles. The van der Waals surface area contributed by atoms with Gasteiger partial charge in [0.05, 0.1) is 6.04 Å². The van der Waals surface area contributed by atoms with E-state index in [-0.39, 0.29) is 11.9 Å². The van der Waals surface area contributed by atoms with E-state index >= 15 is 0 Å². The van der Waals surface area contributed by atoms with E-state index in [1.165, 1.54) is 0 Å². The first-order chi connectivity index (χ1) is 9.82. The number of hydrogen-bond acceptors (Lipinski definition) is 4. The standard InChI is InChI=1S/C16H28N4O/c1-12-14(17)8-6-9-15(12)18-16(21)13(2)20(5)11-7-10-19(3)4/h6,8-9,13H,7,10-11,17H2,1-5H3,(H,18,21). The molecule has 0 aliphatic carbocycles. The Hall–Kier alpha value is -1.59. The molecule has 0 aromatic heterocycles. The lowest BCUT2D eigenvalue weighted by Crippen LogP contribution is -2.40. The van der Waals surface area contributed by atoms with Crippen LogP contribution in [0.1, 0.15) is 18.9 Å². The first-order valence-electron chi connectivity index (χ1n) is 7.34. The first-order valence-corrected chi connectivity index (χ1v) is 7.34. The normalized spacial score (nSPS) is 12.7. The monoisotopic (exact) mass is 292 g/mol. The van der Waals surface area contributed by atoms with Gasteiger partial charge in [-0.2, -0.15) is 0 Å². The van der Waals surface area contributed by atoms with E-state index in [2.05, 4.69) is 29.2 Å². The van der Waals surface area contributed by atoms with E-state index in [1.54, 1.807) is 0 Å². The number of carbonyl (C=O) groups excluding carboxylic acids is 1. The van der Waals surface area contributed by atoms with E-state index in [9.17, 15) is 4.79 Å². The van der Waals surface area contributed by atoms with Crippen LogP contribution in [0.5, 0.6) is 0 Å². The second-order valence-corrected chi connectivity index (χ2v) is 5.82. The van der Waals surface area contributed by atoms with Gasteiger partial charge in [-0.15, -0.1) is 0 Å². The molecule has 0 bridgehead atoms. The number of nitrogens with zero attached hydrogens (tertiary/aromatic N) is 2. The molecule has 1 aromatic rings. The van der Waals surface area contributed by atoms with Crippen LogP contribution in [0, 0.1) is 6.92 Å². The van der Waals surface area contributed by atoms with Crippen LogP contribution in [0.3, 0.4) is 0 Å². The minimum absolute atomic E-state index is 0.00365. The average Bonchev–Trinajstić information content (AvgIpc) is 2.42. The predicted molar refractivity (Wildman–Crippen MR) is 89.5 cm³/mol. The molecule has 5 nitrogen and oxygen atoms in total. The molecule has 0 aliphatic rings. The van der Waals surface area contributed by atoms with Crippen LogP contribution in [0.2, 0.25) is 0 Å². The summed E-state index contributed by atoms with van der Waals surface area (Å²) in [6, 6.07) is 5.39. The molecule has 3 N–H and O–H groups in total. The summed E-state index contributed by atoms with van der Waals surface area (Å²) in [6.45, 7) is 5.75. The minimum atomic E-state index is -0.173. The Labute approximate surface area is 128 Å². The van der Waals surface area contributed by atoms with Crippen molar-refractivity contribution >= 4 is 17.3 Å². The molecule has 1 atom stereocenters. The molecule has 0 spiro atoms. The van der Waals surface area contributed by atoms with Crippen LogP contribution in [0.4, 0.5) is 11.4 Å². The highest BCUT2D eigenvalue weighted by atomic mass is 16.2. The molecule has 0 saturated carbocycles. The topological polar surface area (TPSA) is 61.6 Å². The van der Waals surface area contributed by atoms with Crippen molar-refractivity contribution in [3.63, 3.8) is 0 Å². The lowest BCUT2D eigenvalue weighted by Gasteiger charge is -2.25. The van der Waals surface area contributed by atoms with Gasteiger partial charge in [-0.25, -0.2) is 0 Å². The summed E-state index contributed by atoms with van der Waals surface area (Å²) in [6.07, 6.45) is 1.04. The van der Waals surface area contributed by atoms with Crippen molar-refractivity contribution in [2.75, 3.05) is 45.3 Å². The van der Waals surface area contributed by atoms with E-state index < -0.39 is 0 Å². The van der Waals surface area contributed by atoms with E-state index in [0.717, 1.165) is 30.8 Å². The summed E-state index contributed by atoms with van der Waals surface area (Å²) in [5.41, 5.74) is 8.25. The van der Waals surface area contributed by atoms with Crippen molar-refractivity contribution in [2.24, 2.45) is 0 Å². The fourth-order valence-corrected chi connectivity index (χ4v) is 2.06. The molecule has 0 heterocycles. The maximum Gasteiger partial charge on any atom is 0.241 e. The average molecular weight is 292 g/mol. The summed E-state index contributed by atoms with van der Waals surface area (Å²) >= 11 is 0. The fraction of sp³-hybridized carbons (Fsp3) is 0.562. The number of likely N-dealkylation sites (N-methyl/N-ethyl adjacent to an activating group) is 1. The SMILES string of the molecule is Cc1c(N)cccc1NC(=O)C(C)N(C)CCCN(C)C. The van der Waals surface area contributed by atoms with Gasteiger partial charge in [0.2, 0.25) is 5.91 Å². The Morgan fingerprint density at radius 3 is 2.57 bits per heavy atom. The number of nitrogen functional groups attached to an aromatic ring is 1. The Bertz CT molecular complexity index is 473. The lowest BCUT2D eigenvalue weighted by molar-refractivity contribution is -0.120. The van der Waals surface area contributed by atoms with Gasteiger partial charge in [0.15, 0.2) is 0 Å². The maximum atomic E-state index is 12.3. The predicted octanol–water partition coefficient (Wildman–Crippen LogP) is 1.79. The van der Waals surface area contributed by atoms with E-state index in [1.807, 2.05) is 39.1 Å². The van der Waals surface area contributed by atoms with Crippen molar-refractivity contribution in [3.05, 3.63) is 23.8 Å². The summed E-state index contributed by atoms with van der Waals surface area (Å²) in [5.74, 6) is -0.00365. The molecule has 0 saturated heterocycles. The van der Waals surface area contributed by atoms with Gasteiger partial charge < -0.3 is 16.0 Å². The summed E-state index contributed by atoms with van der Waals surface area (Å²) in [5, 5.41) is 2.96. The van der Waals surface area contributed by atoms with Gasteiger partial charge in [-0.3, -0.25) is 9.69 Å². The number of amides is 1. The highest BCUT2D eigenvalue weighted by Crippen LogP contribution is 2.20.